The molecule has 8 heteroatoms. The van der Waals surface area contributed by atoms with Gasteiger partial charge in [0.1, 0.15) is 6.42 Å². The Hall–Kier alpha value is -1.85. The molecular formula is C17H19N3O3S2. The number of anilines is 1. The number of carbonyl (C=O) groups is 1. The fraction of sp³-hybridized carbons (Fsp3) is 0.471. The quantitative estimate of drug-likeness (QED) is 0.803. The van der Waals surface area contributed by atoms with Gasteiger partial charge in [0.2, 0.25) is 0 Å². The van der Waals surface area contributed by atoms with Crippen LogP contribution in [0.25, 0.3) is 0 Å². The van der Waals surface area contributed by atoms with Gasteiger partial charge in [0.15, 0.2) is 15.0 Å². The molecule has 2 atom stereocenters. The third-order valence-corrected chi connectivity index (χ3v) is 7.55. The molecule has 2 saturated heterocycles. The van der Waals surface area contributed by atoms with E-state index in [9.17, 15) is 13.2 Å². The monoisotopic (exact) mass is 377 g/mol. The average Bonchev–Trinajstić information content (AvgIpc) is 2.98. The molecule has 132 valence electrons. The van der Waals surface area contributed by atoms with Crippen molar-refractivity contribution in [2.75, 3.05) is 16.4 Å². The lowest BCUT2D eigenvalue weighted by molar-refractivity contribution is -0.116. The zero-order valence-corrected chi connectivity index (χ0v) is 15.7. The number of rotatable bonds is 3. The van der Waals surface area contributed by atoms with Gasteiger partial charge < -0.3 is 4.90 Å². The molecule has 25 heavy (non-hydrogen) atoms. The fourth-order valence-corrected chi connectivity index (χ4v) is 7.18. The summed E-state index contributed by atoms with van der Waals surface area (Å²) < 4.78 is 24.2. The number of hydrogen-bond acceptors (Lipinski definition) is 5. The number of fused-ring (bicyclic) bond motifs is 1. The number of sulfone groups is 1. The predicted molar refractivity (Wildman–Crippen MR) is 99.5 cm³/mol. The number of nitrogens with zero attached hydrogens (tertiary/aromatic N) is 3. The summed E-state index contributed by atoms with van der Waals surface area (Å²) >= 11 is 1.33. The maximum absolute atomic E-state index is 12.1. The van der Waals surface area contributed by atoms with Crippen molar-refractivity contribution in [3.8, 4) is 6.07 Å². The first kappa shape index (κ1) is 18.0. The van der Waals surface area contributed by atoms with Crippen molar-refractivity contribution in [2.45, 2.75) is 37.5 Å². The van der Waals surface area contributed by atoms with E-state index >= 15 is 0 Å². The van der Waals surface area contributed by atoms with Crippen LogP contribution in [0.1, 0.15) is 31.7 Å². The SMILES string of the molecule is CC(C)c1ccccc1N1C(=NC(=O)CC#N)S[C@H]2CS(=O)(=O)C[C@@H]21. The summed E-state index contributed by atoms with van der Waals surface area (Å²) in [5.74, 6) is -0.106. The lowest BCUT2D eigenvalue weighted by Gasteiger charge is -2.28. The van der Waals surface area contributed by atoms with Crippen molar-refractivity contribution >= 4 is 38.4 Å². The fourth-order valence-electron chi connectivity index (χ4n) is 3.26. The smallest absolute Gasteiger partial charge is 0.262 e. The largest absolute Gasteiger partial charge is 0.315 e. The average molecular weight is 377 g/mol. The van der Waals surface area contributed by atoms with Gasteiger partial charge in [0.05, 0.1) is 23.6 Å². The van der Waals surface area contributed by atoms with E-state index in [0.29, 0.717) is 5.17 Å². The van der Waals surface area contributed by atoms with Crippen LogP contribution in [-0.4, -0.2) is 42.3 Å². The maximum Gasteiger partial charge on any atom is 0.262 e. The maximum atomic E-state index is 12.1. The Morgan fingerprint density at radius 1 is 1.40 bits per heavy atom. The van der Waals surface area contributed by atoms with E-state index in [2.05, 4.69) is 18.8 Å². The number of aliphatic imine (C=N–C) groups is 1. The molecule has 0 aromatic heterocycles. The van der Waals surface area contributed by atoms with Crippen LogP contribution in [0.4, 0.5) is 5.69 Å². The predicted octanol–water partition coefficient (Wildman–Crippen LogP) is 2.33. The van der Waals surface area contributed by atoms with Gasteiger partial charge in [-0.05, 0) is 17.5 Å². The second-order valence-corrected chi connectivity index (χ2v) is 9.87. The van der Waals surface area contributed by atoms with E-state index in [4.69, 9.17) is 5.26 Å². The molecule has 0 saturated carbocycles. The van der Waals surface area contributed by atoms with E-state index in [1.807, 2.05) is 35.2 Å². The number of carbonyl (C=O) groups excluding carboxylic acids is 1. The van der Waals surface area contributed by atoms with E-state index in [1.165, 1.54) is 11.8 Å². The first-order chi connectivity index (χ1) is 11.8. The zero-order chi connectivity index (χ0) is 18.2. The number of hydrogen-bond donors (Lipinski definition) is 0. The molecule has 2 fully saturated rings. The third-order valence-electron chi connectivity index (χ3n) is 4.34. The molecule has 2 heterocycles. The van der Waals surface area contributed by atoms with Crippen molar-refractivity contribution < 1.29 is 13.2 Å². The van der Waals surface area contributed by atoms with Gasteiger partial charge in [-0.15, -0.1) is 0 Å². The summed E-state index contributed by atoms with van der Waals surface area (Å²) in [6.07, 6.45) is -0.280. The number of para-hydroxylation sites is 1. The van der Waals surface area contributed by atoms with Crippen molar-refractivity contribution in [1.29, 1.82) is 5.26 Å². The lowest BCUT2D eigenvalue weighted by Crippen LogP contribution is -2.38. The molecule has 2 aliphatic heterocycles. The molecule has 1 aromatic carbocycles. The molecule has 3 rings (SSSR count). The van der Waals surface area contributed by atoms with Crippen LogP contribution < -0.4 is 4.90 Å². The topological polar surface area (TPSA) is 90.6 Å². The molecule has 2 aliphatic rings. The molecule has 1 amide bonds. The molecule has 0 spiro atoms. The first-order valence-electron chi connectivity index (χ1n) is 8.06. The summed E-state index contributed by atoms with van der Waals surface area (Å²) in [5.41, 5.74) is 1.96. The number of nitriles is 1. The summed E-state index contributed by atoms with van der Waals surface area (Å²) in [5, 5.41) is 9.06. The minimum absolute atomic E-state index is 0.0581. The highest BCUT2D eigenvalue weighted by molar-refractivity contribution is 8.16. The Labute approximate surface area is 151 Å². The van der Waals surface area contributed by atoms with Crippen molar-refractivity contribution in [2.24, 2.45) is 4.99 Å². The zero-order valence-electron chi connectivity index (χ0n) is 14.0. The standard InChI is InChI=1S/C17H19N3O3S2/c1-11(2)12-5-3-4-6-13(12)20-14-9-25(22,23)10-15(14)24-17(20)19-16(21)7-8-18/h3-6,11,14-15H,7,9-10H2,1-2H3/t14-,15-/m0/s1. The number of benzene rings is 1. The molecule has 0 bridgehead atoms. The number of amides is 1. The Kier molecular flexibility index (Phi) is 4.89. The van der Waals surface area contributed by atoms with Gasteiger partial charge in [-0.1, -0.05) is 43.8 Å². The van der Waals surface area contributed by atoms with E-state index in [0.717, 1.165) is 11.3 Å². The van der Waals surface area contributed by atoms with Crippen molar-refractivity contribution in [1.82, 2.24) is 0 Å². The van der Waals surface area contributed by atoms with E-state index in [1.54, 1.807) is 0 Å². The Bertz CT molecular complexity index is 871. The highest BCUT2D eigenvalue weighted by Gasteiger charge is 2.49. The van der Waals surface area contributed by atoms with Crippen LogP contribution >= 0.6 is 11.8 Å². The summed E-state index contributed by atoms with van der Waals surface area (Å²) in [4.78, 5) is 17.9. The summed E-state index contributed by atoms with van der Waals surface area (Å²) in [6, 6.07) is 9.37. The number of amidine groups is 1. The Morgan fingerprint density at radius 3 is 2.80 bits per heavy atom. The van der Waals surface area contributed by atoms with Crippen LogP contribution in [0, 0.1) is 11.3 Å². The Balaban J connectivity index is 2.08. The van der Waals surface area contributed by atoms with Gasteiger partial charge in [0.25, 0.3) is 5.91 Å². The summed E-state index contributed by atoms with van der Waals surface area (Å²) in [7, 11) is -3.10. The molecule has 0 unspecified atom stereocenters. The minimum atomic E-state index is -3.10. The van der Waals surface area contributed by atoms with Crippen LogP contribution in [0.5, 0.6) is 0 Å². The normalized spacial score (nSPS) is 26.0. The molecule has 1 aromatic rings. The van der Waals surface area contributed by atoms with Crippen LogP contribution in [0.2, 0.25) is 0 Å². The van der Waals surface area contributed by atoms with Gasteiger partial charge >= 0.3 is 0 Å². The van der Waals surface area contributed by atoms with Gasteiger partial charge in [0, 0.05) is 10.9 Å². The number of thioether (sulfide) groups is 1. The third kappa shape index (κ3) is 3.58. The molecule has 6 nitrogen and oxygen atoms in total. The highest BCUT2D eigenvalue weighted by atomic mass is 32.2. The molecule has 0 radical (unpaired) electrons. The van der Waals surface area contributed by atoms with Crippen molar-refractivity contribution in [3.63, 3.8) is 0 Å². The first-order valence-corrected chi connectivity index (χ1v) is 10.8. The molecule has 0 N–H and O–H groups in total. The van der Waals surface area contributed by atoms with Gasteiger partial charge in [-0.2, -0.15) is 10.3 Å². The molecular weight excluding hydrogens is 358 g/mol. The minimum Gasteiger partial charge on any atom is -0.315 e. The summed E-state index contributed by atoms with van der Waals surface area (Å²) in [6.45, 7) is 4.14. The Morgan fingerprint density at radius 2 is 2.12 bits per heavy atom. The van der Waals surface area contributed by atoms with Gasteiger partial charge in [-0.3, -0.25) is 4.79 Å². The molecule has 0 aliphatic carbocycles. The second-order valence-electron chi connectivity index (χ2n) is 6.51. The van der Waals surface area contributed by atoms with Crippen LogP contribution in [0.15, 0.2) is 29.3 Å². The van der Waals surface area contributed by atoms with E-state index < -0.39 is 15.7 Å². The highest BCUT2D eigenvalue weighted by Crippen LogP contribution is 2.43. The van der Waals surface area contributed by atoms with Crippen LogP contribution in [0.3, 0.4) is 0 Å². The van der Waals surface area contributed by atoms with Gasteiger partial charge in [-0.25, -0.2) is 8.42 Å². The lowest BCUT2D eigenvalue weighted by atomic mass is 9.99. The van der Waals surface area contributed by atoms with E-state index in [-0.39, 0.29) is 35.1 Å². The van der Waals surface area contributed by atoms with Crippen LogP contribution in [-0.2, 0) is 14.6 Å². The second kappa shape index (κ2) is 6.81. The van der Waals surface area contributed by atoms with Crippen molar-refractivity contribution in [3.05, 3.63) is 29.8 Å².